The lowest BCUT2D eigenvalue weighted by Crippen LogP contribution is -2.20. The maximum absolute atomic E-state index is 3.49. The number of nitrogens with one attached hydrogen (secondary N) is 1. The normalized spacial score (nSPS) is 11.0. The molecule has 0 bridgehead atoms. The maximum Gasteiger partial charge on any atom is -0.00258 e. The van der Waals surface area contributed by atoms with Crippen LogP contribution < -0.4 is 5.32 Å². The zero-order valence-electron chi connectivity index (χ0n) is 11.4. The monoisotopic (exact) mass is 233 g/mol. The molecule has 1 rings (SSSR count). The third-order valence-corrected chi connectivity index (χ3v) is 2.96. The standard InChI is InChI=1S/C16H27N/c1-15(2)14-17-13-9-4-3-6-10-16-11-7-5-8-12-16/h5,7-8,11-12,15,17H,3-4,6,9-10,13-14H2,1-2H3. The van der Waals surface area contributed by atoms with Crippen LogP contribution in [0.2, 0.25) is 0 Å². The third-order valence-electron chi connectivity index (χ3n) is 2.96. The molecule has 0 amide bonds. The van der Waals surface area contributed by atoms with Gasteiger partial charge >= 0.3 is 0 Å². The minimum Gasteiger partial charge on any atom is -0.316 e. The summed E-state index contributed by atoms with van der Waals surface area (Å²) in [5, 5.41) is 3.49. The highest BCUT2D eigenvalue weighted by atomic mass is 14.8. The summed E-state index contributed by atoms with van der Waals surface area (Å²) in [6.07, 6.45) is 6.60. The molecular formula is C16H27N. The van der Waals surface area contributed by atoms with E-state index in [1.54, 1.807) is 0 Å². The highest BCUT2D eigenvalue weighted by Gasteiger charge is 1.94. The summed E-state index contributed by atoms with van der Waals surface area (Å²) in [4.78, 5) is 0. The van der Waals surface area contributed by atoms with E-state index in [0.717, 1.165) is 12.5 Å². The highest BCUT2D eigenvalue weighted by molar-refractivity contribution is 5.14. The van der Waals surface area contributed by atoms with E-state index >= 15 is 0 Å². The van der Waals surface area contributed by atoms with Gasteiger partial charge in [-0.05, 0) is 43.8 Å². The van der Waals surface area contributed by atoms with Crippen LogP contribution in [0, 0.1) is 5.92 Å². The molecule has 0 fully saturated rings. The van der Waals surface area contributed by atoms with Crippen LogP contribution in [-0.4, -0.2) is 13.1 Å². The molecule has 0 aliphatic carbocycles. The maximum atomic E-state index is 3.49. The van der Waals surface area contributed by atoms with E-state index in [2.05, 4.69) is 49.5 Å². The summed E-state index contributed by atoms with van der Waals surface area (Å²) in [7, 11) is 0. The van der Waals surface area contributed by atoms with Crippen molar-refractivity contribution >= 4 is 0 Å². The molecule has 0 aliphatic heterocycles. The first kappa shape index (κ1) is 14.2. The van der Waals surface area contributed by atoms with Crippen LogP contribution in [0.25, 0.3) is 0 Å². The molecule has 0 aliphatic rings. The molecule has 0 radical (unpaired) electrons. The van der Waals surface area contributed by atoms with Crippen molar-refractivity contribution in [2.75, 3.05) is 13.1 Å². The Kier molecular flexibility index (Phi) is 7.74. The Morgan fingerprint density at radius 3 is 2.35 bits per heavy atom. The van der Waals surface area contributed by atoms with E-state index in [1.165, 1.54) is 44.2 Å². The molecule has 1 aromatic carbocycles. The SMILES string of the molecule is CC(C)CNCCCCCCc1ccccc1. The van der Waals surface area contributed by atoms with E-state index in [1.807, 2.05) is 0 Å². The van der Waals surface area contributed by atoms with Crippen LogP contribution in [0.15, 0.2) is 30.3 Å². The van der Waals surface area contributed by atoms with Gasteiger partial charge in [0.15, 0.2) is 0 Å². The predicted molar refractivity (Wildman–Crippen MR) is 76.3 cm³/mol. The smallest absolute Gasteiger partial charge is 0.00258 e. The van der Waals surface area contributed by atoms with Crippen LogP contribution in [0.4, 0.5) is 0 Å². The van der Waals surface area contributed by atoms with E-state index in [-0.39, 0.29) is 0 Å². The Labute approximate surface area is 107 Å². The first-order valence-corrected chi connectivity index (χ1v) is 7.03. The van der Waals surface area contributed by atoms with E-state index < -0.39 is 0 Å². The van der Waals surface area contributed by atoms with Crippen LogP contribution in [0.1, 0.15) is 45.1 Å². The molecule has 1 aromatic rings. The van der Waals surface area contributed by atoms with Crippen molar-refractivity contribution in [3.63, 3.8) is 0 Å². The predicted octanol–water partition coefficient (Wildman–Crippen LogP) is 4.04. The molecule has 0 heterocycles. The second kappa shape index (κ2) is 9.23. The van der Waals surface area contributed by atoms with Gasteiger partial charge in [-0.25, -0.2) is 0 Å². The molecule has 1 heteroatoms. The van der Waals surface area contributed by atoms with Crippen molar-refractivity contribution in [3.8, 4) is 0 Å². The fraction of sp³-hybridized carbons (Fsp3) is 0.625. The average Bonchev–Trinajstić information content (AvgIpc) is 2.33. The van der Waals surface area contributed by atoms with Gasteiger partial charge in [0.05, 0.1) is 0 Å². The fourth-order valence-corrected chi connectivity index (χ4v) is 1.97. The van der Waals surface area contributed by atoms with Gasteiger partial charge in [0.2, 0.25) is 0 Å². The molecule has 0 saturated heterocycles. The molecule has 0 saturated carbocycles. The molecule has 0 spiro atoms. The van der Waals surface area contributed by atoms with Crippen molar-refractivity contribution in [2.24, 2.45) is 5.92 Å². The van der Waals surface area contributed by atoms with Gasteiger partial charge in [0.1, 0.15) is 0 Å². The first-order valence-electron chi connectivity index (χ1n) is 7.03. The average molecular weight is 233 g/mol. The minimum absolute atomic E-state index is 0.771. The number of hydrogen-bond acceptors (Lipinski definition) is 1. The zero-order valence-corrected chi connectivity index (χ0v) is 11.4. The lowest BCUT2D eigenvalue weighted by Gasteiger charge is -2.07. The summed E-state index contributed by atoms with van der Waals surface area (Å²) in [6.45, 7) is 6.85. The lowest BCUT2D eigenvalue weighted by molar-refractivity contribution is 0.526. The molecule has 17 heavy (non-hydrogen) atoms. The summed E-state index contributed by atoms with van der Waals surface area (Å²) in [6, 6.07) is 10.8. The summed E-state index contributed by atoms with van der Waals surface area (Å²) in [5.74, 6) is 0.771. The lowest BCUT2D eigenvalue weighted by atomic mass is 10.1. The second-order valence-electron chi connectivity index (χ2n) is 5.25. The van der Waals surface area contributed by atoms with Crippen LogP contribution in [-0.2, 0) is 6.42 Å². The Morgan fingerprint density at radius 1 is 0.941 bits per heavy atom. The Hall–Kier alpha value is -0.820. The van der Waals surface area contributed by atoms with Crippen LogP contribution >= 0.6 is 0 Å². The molecular weight excluding hydrogens is 206 g/mol. The highest BCUT2D eigenvalue weighted by Crippen LogP contribution is 2.07. The van der Waals surface area contributed by atoms with Gasteiger partial charge in [0, 0.05) is 0 Å². The van der Waals surface area contributed by atoms with Gasteiger partial charge in [-0.3, -0.25) is 0 Å². The Morgan fingerprint density at radius 2 is 1.65 bits per heavy atom. The molecule has 0 aromatic heterocycles. The van der Waals surface area contributed by atoms with Crippen molar-refractivity contribution in [3.05, 3.63) is 35.9 Å². The summed E-state index contributed by atoms with van der Waals surface area (Å²) < 4.78 is 0. The van der Waals surface area contributed by atoms with Crippen molar-refractivity contribution in [1.82, 2.24) is 5.32 Å². The topological polar surface area (TPSA) is 12.0 Å². The summed E-state index contributed by atoms with van der Waals surface area (Å²) in [5.41, 5.74) is 1.48. The van der Waals surface area contributed by atoms with E-state index in [4.69, 9.17) is 0 Å². The molecule has 1 nitrogen and oxygen atoms in total. The number of hydrogen-bond donors (Lipinski definition) is 1. The van der Waals surface area contributed by atoms with Gasteiger partial charge in [-0.1, -0.05) is 57.0 Å². The Balaban J connectivity index is 1.88. The first-order chi connectivity index (χ1) is 8.29. The number of unbranched alkanes of at least 4 members (excludes halogenated alkanes) is 3. The van der Waals surface area contributed by atoms with Gasteiger partial charge in [-0.15, -0.1) is 0 Å². The molecule has 1 N–H and O–H groups in total. The quantitative estimate of drug-likeness (QED) is 0.635. The molecule has 0 unspecified atom stereocenters. The summed E-state index contributed by atoms with van der Waals surface area (Å²) >= 11 is 0. The van der Waals surface area contributed by atoms with Crippen LogP contribution in [0.3, 0.4) is 0 Å². The zero-order chi connectivity index (χ0) is 12.3. The van der Waals surface area contributed by atoms with E-state index in [0.29, 0.717) is 0 Å². The van der Waals surface area contributed by atoms with Gasteiger partial charge in [0.25, 0.3) is 0 Å². The van der Waals surface area contributed by atoms with Crippen molar-refractivity contribution in [2.45, 2.75) is 46.0 Å². The van der Waals surface area contributed by atoms with Crippen molar-refractivity contribution in [1.29, 1.82) is 0 Å². The second-order valence-corrected chi connectivity index (χ2v) is 5.25. The minimum atomic E-state index is 0.771. The number of aryl methyl sites for hydroxylation is 1. The van der Waals surface area contributed by atoms with Crippen LogP contribution in [0.5, 0.6) is 0 Å². The third kappa shape index (κ3) is 7.98. The number of benzene rings is 1. The van der Waals surface area contributed by atoms with E-state index in [9.17, 15) is 0 Å². The number of rotatable bonds is 9. The molecule has 0 atom stereocenters. The van der Waals surface area contributed by atoms with Gasteiger partial charge in [-0.2, -0.15) is 0 Å². The van der Waals surface area contributed by atoms with Crippen molar-refractivity contribution < 1.29 is 0 Å². The Bertz CT molecular complexity index is 266. The van der Waals surface area contributed by atoms with Gasteiger partial charge < -0.3 is 5.32 Å². The molecule has 96 valence electrons. The largest absolute Gasteiger partial charge is 0.316 e. The fourth-order valence-electron chi connectivity index (χ4n) is 1.97.